The maximum atomic E-state index is 3.60. The predicted octanol–water partition coefficient (Wildman–Crippen LogP) is 4.38. The molecule has 1 nitrogen and oxygen atoms in total. The smallest absolute Gasteiger partial charge is 0.0345 e. The van der Waals surface area contributed by atoms with Crippen molar-refractivity contribution in [3.05, 3.63) is 33.4 Å². The summed E-state index contributed by atoms with van der Waals surface area (Å²) in [7, 11) is 0. The van der Waals surface area contributed by atoms with Gasteiger partial charge in [0.1, 0.15) is 0 Å². The minimum absolute atomic E-state index is 0.502. The Morgan fingerprint density at radius 3 is 2.31 bits per heavy atom. The van der Waals surface area contributed by atoms with E-state index in [9.17, 15) is 0 Å². The van der Waals surface area contributed by atoms with Crippen molar-refractivity contribution in [3.8, 4) is 0 Å². The van der Waals surface area contributed by atoms with E-state index in [1.165, 1.54) is 22.0 Å². The second-order valence-electron chi connectivity index (χ2n) is 4.35. The van der Waals surface area contributed by atoms with Gasteiger partial charge < -0.3 is 5.32 Å². The molecule has 2 unspecified atom stereocenters. The fraction of sp³-hybridized carbons (Fsp3) is 0.571. The van der Waals surface area contributed by atoms with Crippen LogP contribution in [0.25, 0.3) is 0 Å². The third-order valence-corrected chi connectivity index (χ3v) is 3.69. The molecule has 0 spiro atoms. The molecule has 0 amide bonds. The molecule has 1 N–H and O–H groups in total. The lowest BCUT2D eigenvalue weighted by atomic mass is 9.91. The zero-order valence-corrected chi connectivity index (χ0v) is 12.6. The molecule has 0 aromatic heterocycles. The molecule has 0 aliphatic carbocycles. The summed E-state index contributed by atoms with van der Waals surface area (Å²) in [6.07, 6.45) is 2.54. The largest absolute Gasteiger partial charge is 0.310 e. The van der Waals surface area contributed by atoms with E-state index in [1.807, 2.05) is 0 Å². The van der Waals surface area contributed by atoms with Crippen LogP contribution >= 0.6 is 22.6 Å². The topological polar surface area (TPSA) is 12.0 Å². The summed E-state index contributed by atoms with van der Waals surface area (Å²) in [5.41, 5.74) is 1.42. The van der Waals surface area contributed by atoms with Gasteiger partial charge in [-0.25, -0.2) is 0 Å². The van der Waals surface area contributed by atoms with Gasteiger partial charge in [-0.05, 0) is 59.2 Å². The molecule has 0 fully saturated rings. The van der Waals surface area contributed by atoms with Gasteiger partial charge >= 0.3 is 0 Å². The Morgan fingerprint density at radius 1 is 1.19 bits per heavy atom. The predicted molar refractivity (Wildman–Crippen MR) is 79.6 cm³/mol. The van der Waals surface area contributed by atoms with Gasteiger partial charge in [-0.2, -0.15) is 0 Å². The van der Waals surface area contributed by atoms with Crippen LogP contribution in [0.3, 0.4) is 0 Å². The first-order valence-electron chi connectivity index (χ1n) is 6.17. The van der Waals surface area contributed by atoms with Crippen LogP contribution in [-0.4, -0.2) is 6.54 Å². The van der Waals surface area contributed by atoms with Gasteiger partial charge in [0.2, 0.25) is 0 Å². The van der Waals surface area contributed by atoms with Crippen molar-refractivity contribution >= 4 is 22.6 Å². The van der Waals surface area contributed by atoms with Crippen LogP contribution in [0.5, 0.6) is 0 Å². The highest BCUT2D eigenvalue weighted by Gasteiger charge is 2.17. The molecule has 90 valence electrons. The first-order valence-corrected chi connectivity index (χ1v) is 7.25. The van der Waals surface area contributed by atoms with E-state index in [4.69, 9.17) is 0 Å². The van der Waals surface area contributed by atoms with Gasteiger partial charge in [0, 0.05) is 9.61 Å². The molecule has 1 aromatic rings. The van der Waals surface area contributed by atoms with Crippen LogP contribution in [0.2, 0.25) is 0 Å². The Labute approximate surface area is 113 Å². The Hall–Kier alpha value is -0.0900. The molecule has 0 saturated carbocycles. The summed E-state index contributed by atoms with van der Waals surface area (Å²) < 4.78 is 1.31. The third kappa shape index (κ3) is 4.06. The SMILES string of the molecule is CCCC(C)C(NCC)c1ccc(I)cc1. The molecule has 0 aliphatic heterocycles. The van der Waals surface area contributed by atoms with Crippen molar-refractivity contribution in [3.63, 3.8) is 0 Å². The zero-order valence-electron chi connectivity index (χ0n) is 10.5. The quantitative estimate of drug-likeness (QED) is 0.763. The Morgan fingerprint density at radius 2 is 1.81 bits per heavy atom. The van der Waals surface area contributed by atoms with Gasteiger partial charge in [-0.15, -0.1) is 0 Å². The number of nitrogens with one attached hydrogen (secondary N) is 1. The van der Waals surface area contributed by atoms with Gasteiger partial charge in [0.05, 0.1) is 0 Å². The van der Waals surface area contributed by atoms with Gasteiger partial charge in [0.15, 0.2) is 0 Å². The molecule has 0 aliphatic rings. The Bertz CT molecular complexity index is 294. The van der Waals surface area contributed by atoms with Gasteiger partial charge in [-0.1, -0.05) is 39.3 Å². The van der Waals surface area contributed by atoms with E-state index in [0.29, 0.717) is 12.0 Å². The van der Waals surface area contributed by atoms with E-state index in [-0.39, 0.29) is 0 Å². The number of hydrogen-bond acceptors (Lipinski definition) is 1. The standard InChI is InChI=1S/C14H22IN/c1-4-6-11(3)14(16-5-2)12-7-9-13(15)10-8-12/h7-11,14,16H,4-6H2,1-3H3. The lowest BCUT2D eigenvalue weighted by Crippen LogP contribution is -2.26. The normalized spacial score (nSPS) is 14.8. The molecule has 0 radical (unpaired) electrons. The maximum absolute atomic E-state index is 3.60. The summed E-state index contributed by atoms with van der Waals surface area (Å²) in [4.78, 5) is 0. The van der Waals surface area contributed by atoms with Crippen LogP contribution in [0, 0.1) is 9.49 Å². The minimum Gasteiger partial charge on any atom is -0.310 e. The third-order valence-electron chi connectivity index (χ3n) is 2.97. The molecule has 0 saturated heterocycles. The maximum Gasteiger partial charge on any atom is 0.0345 e. The molecule has 16 heavy (non-hydrogen) atoms. The first kappa shape index (κ1) is 14.0. The highest BCUT2D eigenvalue weighted by atomic mass is 127. The molecule has 2 heteroatoms. The zero-order chi connectivity index (χ0) is 12.0. The van der Waals surface area contributed by atoms with E-state index < -0.39 is 0 Å². The number of benzene rings is 1. The average molecular weight is 331 g/mol. The van der Waals surface area contributed by atoms with E-state index in [0.717, 1.165) is 6.54 Å². The number of rotatable bonds is 6. The second-order valence-corrected chi connectivity index (χ2v) is 5.60. The summed E-state index contributed by atoms with van der Waals surface area (Å²) in [6.45, 7) is 7.81. The summed E-state index contributed by atoms with van der Waals surface area (Å²) in [6, 6.07) is 9.39. The van der Waals surface area contributed by atoms with E-state index in [2.05, 4.69) is 72.9 Å². The van der Waals surface area contributed by atoms with Crippen molar-refractivity contribution < 1.29 is 0 Å². The van der Waals surface area contributed by atoms with Crippen molar-refractivity contribution in [1.29, 1.82) is 0 Å². The van der Waals surface area contributed by atoms with Crippen LogP contribution < -0.4 is 5.32 Å². The molecule has 1 aromatic carbocycles. The Balaban J connectivity index is 2.79. The Kier molecular flexibility index (Phi) is 6.36. The molecule has 1 rings (SSSR count). The average Bonchev–Trinajstić information content (AvgIpc) is 2.28. The molecule has 0 heterocycles. The van der Waals surface area contributed by atoms with Crippen molar-refractivity contribution in [1.82, 2.24) is 5.32 Å². The van der Waals surface area contributed by atoms with Crippen LogP contribution in [0.15, 0.2) is 24.3 Å². The fourth-order valence-corrected chi connectivity index (χ4v) is 2.52. The molecular weight excluding hydrogens is 309 g/mol. The van der Waals surface area contributed by atoms with Crippen LogP contribution in [0.4, 0.5) is 0 Å². The van der Waals surface area contributed by atoms with Crippen molar-refractivity contribution in [2.45, 2.75) is 39.7 Å². The second kappa shape index (κ2) is 7.28. The van der Waals surface area contributed by atoms with Crippen molar-refractivity contribution in [2.24, 2.45) is 5.92 Å². The van der Waals surface area contributed by atoms with Gasteiger partial charge in [-0.3, -0.25) is 0 Å². The number of hydrogen-bond donors (Lipinski definition) is 1. The summed E-state index contributed by atoms with van der Waals surface area (Å²) >= 11 is 2.35. The first-order chi connectivity index (χ1) is 7.69. The molecule has 2 atom stereocenters. The van der Waals surface area contributed by atoms with E-state index in [1.54, 1.807) is 0 Å². The van der Waals surface area contributed by atoms with E-state index >= 15 is 0 Å². The minimum atomic E-state index is 0.502. The molecule has 0 bridgehead atoms. The summed E-state index contributed by atoms with van der Waals surface area (Å²) in [5.74, 6) is 0.699. The molecular formula is C14H22IN. The highest BCUT2D eigenvalue weighted by Crippen LogP contribution is 2.25. The monoisotopic (exact) mass is 331 g/mol. The van der Waals surface area contributed by atoms with Crippen LogP contribution in [0.1, 0.15) is 45.2 Å². The van der Waals surface area contributed by atoms with Crippen LogP contribution in [-0.2, 0) is 0 Å². The van der Waals surface area contributed by atoms with Gasteiger partial charge in [0.25, 0.3) is 0 Å². The highest BCUT2D eigenvalue weighted by molar-refractivity contribution is 14.1. The number of halogens is 1. The fourth-order valence-electron chi connectivity index (χ4n) is 2.16. The lowest BCUT2D eigenvalue weighted by molar-refractivity contribution is 0.369. The van der Waals surface area contributed by atoms with Crippen molar-refractivity contribution in [2.75, 3.05) is 6.54 Å². The lowest BCUT2D eigenvalue weighted by Gasteiger charge is -2.25. The summed E-state index contributed by atoms with van der Waals surface area (Å²) in [5, 5.41) is 3.60.